The average molecular weight is 230 g/mol. The summed E-state index contributed by atoms with van der Waals surface area (Å²) in [5, 5.41) is 12.8. The summed E-state index contributed by atoms with van der Waals surface area (Å²) >= 11 is 0. The number of phenols is 1. The van der Waals surface area contributed by atoms with Gasteiger partial charge in [0, 0.05) is 6.04 Å². The van der Waals surface area contributed by atoms with Gasteiger partial charge in [0.15, 0.2) is 11.5 Å². The molecule has 2 N–H and O–H groups in total. The number of hydrogen-bond donors (Lipinski definition) is 2. The molecular formula is C11H16ClNO2. The van der Waals surface area contributed by atoms with Crippen molar-refractivity contribution in [1.82, 2.24) is 5.32 Å². The van der Waals surface area contributed by atoms with Crippen LogP contribution in [0.15, 0.2) is 18.2 Å². The van der Waals surface area contributed by atoms with Crippen molar-refractivity contribution in [3.63, 3.8) is 0 Å². The van der Waals surface area contributed by atoms with Crippen LogP contribution in [0.25, 0.3) is 0 Å². The summed E-state index contributed by atoms with van der Waals surface area (Å²) in [4.78, 5) is 0. The topological polar surface area (TPSA) is 41.5 Å². The molecular weight excluding hydrogens is 214 g/mol. The molecule has 15 heavy (non-hydrogen) atoms. The molecule has 84 valence electrons. The van der Waals surface area contributed by atoms with E-state index in [1.54, 1.807) is 13.2 Å². The van der Waals surface area contributed by atoms with Crippen molar-refractivity contribution < 1.29 is 9.84 Å². The molecule has 0 bridgehead atoms. The van der Waals surface area contributed by atoms with Crippen molar-refractivity contribution >= 4 is 12.4 Å². The zero-order valence-electron chi connectivity index (χ0n) is 8.69. The molecule has 1 aliphatic rings. The maximum Gasteiger partial charge on any atom is 0.160 e. The highest BCUT2D eigenvalue weighted by molar-refractivity contribution is 5.85. The SMILES string of the molecule is COc1cc(C2CCCN2)ccc1O.Cl. The van der Waals surface area contributed by atoms with Gasteiger partial charge in [0.25, 0.3) is 0 Å². The number of ether oxygens (including phenoxy) is 1. The minimum atomic E-state index is 0. The Morgan fingerprint density at radius 1 is 1.47 bits per heavy atom. The quantitative estimate of drug-likeness (QED) is 0.818. The summed E-state index contributed by atoms with van der Waals surface area (Å²) in [5.41, 5.74) is 1.19. The first-order chi connectivity index (χ1) is 6.81. The van der Waals surface area contributed by atoms with Crippen LogP contribution in [0.1, 0.15) is 24.4 Å². The third-order valence-electron chi connectivity index (χ3n) is 2.67. The maximum atomic E-state index is 9.43. The van der Waals surface area contributed by atoms with Crippen LogP contribution < -0.4 is 10.1 Å². The fourth-order valence-corrected chi connectivity index (χ4v) is 1.88. The van der Waals surface area contributed by atoms with Crippen molar-refractivity contribution in [2.24, 2.45) is 0 Å². The van der Waals surface area contributed by atoms with Gasteiger partial charge in [-0.25, -0.2) is 0 Å². The van der Waals surface area contributed by atoms with Crippen molar-refractivity contribution in [2.45, 2.75) is 18.9 Å². The van der Waals surface area contributed by atoms with Gasteiger partial charge in [-0.3, -0.25) is 0 Å². The molecule has 0 amide bonds. The van der Waals surface area contributed by atoms with E-state index in [1.165, 1.54) is 12.0 Å². The lowest BCUT2D eigenvalue weighted by atomic mass is 10.0. The minimum absolute atomic E-state index is 0. The van der Waals surface area contributed by atoms with E-state index in [0.717, 1.165) is 13.0 Å². The van der Waals surface area contributed by atoms with Crippen LogP contribution >= 0.6 is 12.4 Å². The molecule has 1 atom stereocenters. The van der Waals surface area contributed by atoms with Gasteiger partial charge in [0.2, 0.25) is 0 Å². The van der Waals surface area contributed by atoms with Crippen molar-refractivity contribution in [3.05, 3.63) is 23.8 Å². The van der Waals surface area contributed by atoms with Crippen LogP contribution in [-0.2, 0) is 0 Å². The Hall–Kier alpha value is -0.930. The Bertz CT molecular complexity index is 324. The average Bonchev–Trinajstić information content (AvgIpc) is 2.71. The number of methoxy groups -OCH3 is 1. The fraction of sp³-hybridized carbons (Fsp3) is 0.455. The van der Waals surface area contributed by atoms with Crippen LogP contribution in [0.3, 0.4) is 0 Å². The van der Waals surface area contributed by atoms with Gasteiger partial charge in [0.05, 0.1) is 7.11 Å². The van der Waals surface area contributed by atoms with Gasteiger partial charge >= 0.3 is 0 Å². The second-order valence-corrected chi connectivity index (χ2v) is 3.58. The molecule has 0 radical (unpaired) electrons. The zero-order valence-corrected chi connectivity index (χ0v) is 9.51. The molecule has 0 spiro atoms. The molecule has 1 aliphatic heterocycles. The van der Waals surface area contributed by atoms with Crippen LogP contribution in [0.5, 0.6) is 11.5 Å². The Morgan fingerprint density at radius 3 is 2.87 bits per heavy atom. The number of phenolic OH excluding ortho intramolecular Hbond substituents is 1. The molecule has 2 rings (SSSR count). The second-order valence-electron chi connectivity index (χ2n) is 3.58. The van der Waals surface area contributed by atoms with Crippen molar-refractivity contribution in [1.29, 1.82) is 0 Å². The number of halogens is 1. The normalized spacial score (nSPS) is 19.7. The molecule has 0 saturated carbocycles. The van der Waals surface area contributed by atoms with Gasteiger partial charge in [-0.05, 0) is 37.1 Å². The molecule has 1 heterocycles. The van der Waals surface area contributed by atoms with Gasteiger partial charge in [-0.15, -0.1) is 12.4 Å². The van der Waals surface area contributed by atoms with Gasteiger partial charge in [0.1, 0.15) is 0 Å². The summed E-state index contributed by atoms with van der Waals surface area (Å²) < 4.78 is 5.07. The minimum Gasteiger partial charge on any atom is -0.504 e. The largest absolute Gasteiger partial charge is 0.504 e. The molecule has 4 heteroatoms. The predicted molar refractivity (Wildman–Crippen MR) is 61.9 cm³/mol. The molecule has 1 aromatic rings. The number of rotatable bonds is 2. The van der Waals surface area contributed by atoms with Gasteiger partial charge in [-0.1, -0.05) is 6.07 Å². The summed E-state index contributed by atoms with van der Waals surface area (Å²) in [5.74, 6) is 0.755. The van der Waals surface area contributed by atoms with Gasteiger partial charge < -0.3 is 15.2 Å². The first-order valence-electron chi connectivity index (χ1n) is 4.91. The lowest BCUT2D eigenvalue weighted by Gasteiger charge is -2.12. The summed E-state index contributed by atoms with van der Waals surface area (Å²) in [6.07, 6.45) is 2.38. The predicted octanol–water partition coefficient (Wildman–Crippen LogP) is 2.25. The Kier molecular flexibility index (Phi) is 4.24. The Balaban J connectivity index is 0.00000112. The van der Waals surface area contributed by atoms with E-state index in [1.807, 2.05) is 12.1 Å². The standard InChI is InChI=1S/C11H15NO2.ClH/c1-14-11-7-8(4-5-10(11)13)9-3-2-6-12-9;/h4-5,7,9,12-13H,2-3,6H2,1H3;1H. The third kappa shape index (κ3) is 2.55. The molecule has 1 fully saturated rings. The monoisotopic (exact) mass is 229 g/mol. The molecule has 1 saturated heterocycles. The van der Waals surface area contributed by atoms with E-state index < -0.39 is 0 Å². The van der Waals surface area contributed by atoms with Crippen LogP contribution in [-0.4, -0.2) is 18.8 Å². The van der Waals surface area contributed by atoms with E-state index >= 15 is 0 Å². The number of nitrogens with one attached hydrogen (secondary N) is 1. The number of hydrogen-bond acceptors (Lipinski definition) is 3. The first-order valence-corrected chi connectivity index (χ1v) is 4.91. The van der Waals surface area contributed by atoms with Crippen molar-refractivity contribution in [3.8, 4) is 11.5 Å². The van der Waals surface area contributed by atoms with Crippen LogP contribution in [0.4, 0.5) is 0 Å². The molecule has 1 aromatic carbocycles. The second kappa shape index (κ2) is 5.24. The molecule has 0 aliphatic carbocycles. The smallest absolute Gasteiger partial charge is 0.160 e. The Morgan fingerprint density at radius 2 is 2.27 bits per heavy atom. The zero-order chi connectivity index (χ0) is 9.97. The summed E-state index contributed by atoms with van der Waals surface area (Å²) in [7, 11) is 1.57. The molecule has 0 aromatic heterocycles. The van der Waals surface area contributed by atoms with E-state index in [9.17, 15) is 5.11 Å². The highest BCUT2D eigenvalue weighted by Gasteiger charge is 2.17. The fourth-order valence-electron chi connectivity index (χ4n) is 1.88. The lowest BCUT2D eigenvalue weighted by molar-refractivity contribution is 0.372. The Labute approximate surface area is 95.9 Å². The van der Waals surface area contributed by atoms with E-state index in [2.05, 4.69) is 5.32 Å². The van der Waals surface area contributed by atoms with Crippen molar-refractivity contribution in [2.75, 3.05) is 13.7 Å². The summed E-state index contributed by atoms with van der Waals surface area (Å²) in [6.45, 7) is 1.08. The van der Waals surface area contributed by atoms with Gasteiger partial charge in [-0.2, -0.15) is 0 Å². The van der Waals surface area contributed by atoms with E-state index in [0.29, 0.717) is 11.8 Å². The molecule has 1 unspecified atom stereocenters. The first kappa shape index (κ1) is 12.1. The molecule has 3 nitrogen and oxygen atoms in total. The number of benzene rings is 1. The maximum absolute atomic E-state index is 9.43. The van der Waals surface area contributed by atoms with E-state index in [-0.39, 0.29) is 18.2 Å². The van der Waals surface area contributed by atoms with Crippen LogP contribution in [0, 0.1) is 0 Å². The summed E-state index contributed by atoms with van der Waals surface area (Å²) in [6, 6.07) is 5.96. The highest BCUT2D eigenvalue weighted by atomic mass is 35.5. The van der Waals surface area contributed by atoms with E-state index in [4.69, 9.17) is 4.74 Å². The highest BCUT2D eigenvalue weighted by Crippen LogP contribution is 2.31. The number of aromatic hydroxyl groups is 1. The van der Waals surface area contributed by atoms with Crippen LogP contribution in [0.2, 0.25) is 0 Å². The third-order valence-corrected chi connectivity index (χ3v) is 2.67. The lowest BCUT2D eigenvalue weighted by Crippen LogP contribution is -2.12.